The van der Waals surface area contributed by atoms with Crippen molar-refractivity contribution in [3.63, 3.8) is 0 Å². The van der Waals surface area contributed by atoms with Crippen molar-refractivity contribution in [3.05, 3.63) is 29.8 Å². The molecule has 1 aromatic carbocycles. The molecule has 3 heteroatoms. The summed E-state index contributed by atoms with van der Waals surface area (Å²) in [7, 11) is 1.85. The van der Waals surface area contributed by atoms with E-state index in [-0.39, 0.29) is 5.91 Å². The molecule has 1 saturated heterocycles. The number of aryl methyl sites for hydroxylation is 1. The first-order valence-electron chi connectivity index (χ1n) is 5.71. The Morgan fingerprint density at radius 1 is 1.38 bits per heavy atom. The molecule has 1 amide bonds. The third-order valence-corrected chi connectivity index (χ3v) is 3.12. The molecule has 0 bridgehead atoms. The molecule has 16 heavy (non-hydrogen) atoms. The number of hydrogen-bond donors (Lipinski definition) is 1. The molecule has 1 aromatic rings. The van der Waals surface area contributed by atoms with Crippen LogP contribution >= 0.6 is 0 Å². The van der Waals surface area contributed by atoms with Crippen LogP contribution in [0.25, 0.3) is 0 Å². The molecule has 0 radical (unpaired) electrons. The third kappa shape index (κ3) is 2.42. The average molecular weight is 218 g/mol. The highest BCUT2D eigenvalue weighted by Gasteiger charge is 2.22. The maximum absolute atomic E-state index is 11.9. The number of hydrogen-bond acceptors (Lipinski definition) is 2. The lowest BCUT2D eigenvalue weighted by molar-refractivity contribution is -0.119. The van der Waals surface area contributed by atoms with E-state index in [1.807, 2.05) is 38.2 Å². The highest BCUT2D eigenvalue weighted by molar-refractivity contribution is 5.93. The van der Waals surface area contributed by atoms with Crippen molar-refractivity contribution in [3.8, 4) is 0 Å². The minimum atomic E-state index is 0.204. The van der Waals surface area contributed by atoms with E-state index in [9.17, 15) is 4.79 Å². The molecule has 1 fully saturated rings. The predicted molar refractivity (Wildman–Crippen MR) is 65.6 cm³/mol. The summed E-state index contributed by atoms with van der Waals surface area (Å²) in [6.07, 6.45) is 0.650. The zero-order valence-corrected chi connectivity index (χ0v) is 9.86. The van der Waals surface area contributed by atoms with Crippen LogP contribution in [0.3, 0.4) is 0 Å². The molecule has 1 heterocycles. The lowest BCUT2D eigenvalue weighted by Crippen LogP contribution is -2.44. The zero-order valence-electron chi connectivity index (χ0n) is 9.86. The molecule has 0 unspecified atom stereocenters. The van der Waals surface area contributed by atoms with Gasteiger partial charge in [0.2, 0.25) is 5.91 Å². The summed E-state index contributed by atoms with van der Waals surface area (Å²) in [6.45, 7) is 4.01. The number of carbonyl (C=O) groups is 1. The SMILES string of the molecule is Cc1ccc(N(C)C(=O)CC2CNC2)cc1. The van der Waals surface area contributed by atoms with Gasteiger partial charge >= 0.3 is 0 Å². The van der Waals surface area contributed by atoms with Crippen LogP contribution < -0.4 is 10.2 Å². The van der Waals surface area contributed by atoms with Gasteiger partial charge in [0.1, 0.15) is 0 Å². The van der Waals surface area contributed by atoms with Crippen LogP contribution in [-0.2, 0) is 4.79 Å². The molecular formula is C13H18N2O. The second-order valence-corrected chi connectivity index (χ2v) is 4.52. The Hall–Kier alpha value is -1.35. The lowest BCUT2D eigenvalue weighted by Gasteiger charge is -2.28. The first kappa shape index (κ1) is 11.1. The first-order valence-corrected chi connectivity index (χ1v) is 5.71. The summed E-state index contributed by atoms with van der Waals surface area (Å²) in [5.41, 5.74) is 2.19. The molecule has 1 N–H and O–H groups in total. The maximum Gasteiger partial charge on any atom is 0.227 e. The van der Waals surface area contributed by atoms with Crippen LogP contribution in [0.4, 0.5) is 5.69 Å². The predicted octanol–water partition coefficient (Wildman–Crippen LogP) is 1.57. The number of amides is 1. The number of anilines is 1. The Kier molecular flexibility index (Phi) is 3.25. The quantitative estimate of drug-likeness (QED) is 0.835. The summed E-state index contributed by atoms with van der Waals surface area (Å²) in [5.74, 6) is 0.732. The van der Waals surface area contributed by atoms with Gasteiger partial charge in [-0.3, -0.25) is 4.79 Å². The molecule has 3 nitrogen and oxygen atoms in total. The summed E-state index contributed by atoms with van der Waals surface area (Å²) in [5, 5.41) is 3.18. The average Bonchev–Trinajstić information content (AvgIpc) is 2.23. The van der Waals surface area contributed by atoms with Crippen molar-refractivity contribution in [2.45, 2.75) is 13.3 Å². The van der Waals surface area contributed by atoms with E-state index in [0.717, 1.165) is 18.8 Å². The first-order chi connectivity index (χ1) is 7.66. The fourth-order valence-corrected chi connectivity index (χ4v) is 1.79. The van der Waals surface area contributed by atoms with Crippen molar-refractivity contribution < 1.29 is 4.79 Å². The van der Waals surface area contributed by atoms with Gasteiger partial charge in [-0.1, -0.05) is 17.7 Å². The van der Waals surface area contributed by atoms with Crippen molar-refractivity contribution in [2.75, 3.05) is 25.0 Å². The Labute approximate surface area is 96.5 Å². The molecular weight excluding hydrogens is 200 g/mol. The van der Waals surface area contributed by atoms with Crippen molar-refractivity contribution in [1.82, 2.24) is 5.32 Å². The van der Waals surface area contributed by atoms with E-state index in [0.29, 0.717) is 12.3 Å². The zero-order chi connectivity index (χ0) is 11.5. The highest BCUT2D eigenvalue weighted by atomic mass is 16.2. The number of nitrogens with one attached hydrogen (secondary N) is 1. The van der Waals surface area contributed by atoms with E-state index in [4.69, 9.17) is 0 Å². The highest BCUT2D eigenvalue weighted by Crippen LogP contribution is 2.17. The van der Waals surface area contributed by atoms with Gasteiger partial charge in [-0.25, -0.2) is 0 Å². The van der Waals surface area contributed by atoms with Crippen molar-refractivity contribution in [1.29, 1.82) is 0 Å². The molecule has 0 aliphatic carbocycles. The van der Waals surface area contributed by atoms with E-state index in [2.05, 4.69) is 5.32 Å². The summed E-state index contributed by atoms with van der Waals surface area (Å²) >= 11 is 0. The Bertz CT molecular complexity index is 368. The van der Waals surface area contributed by atoms with Gasteiger partial charge in [0.15, 0.2) is 0 Å². The largest absolute Gasteiger partial charge is 0.316 e. The smallest absolute Gasteiger partial charge is 0.227 e. The molecule has 0 spiro atoms. The van der Waals surface area contributed by atoms with Gasteiger partial charge < -0.3 is 10.2 Å². The van der Waals surface area contributed by atoms with Gasteiger partial charge in [-0.2, -0.15) is 0 Å². The Morgan fingerprint density at radius 2 is 2.00 bits per heavy atom. The van der Waals surface area contributed by atoms with Crippen LogP contribution in [0.1, 0.15) is 12.0 Å². The minimum Gasteiger partial charge on any atom is -0.316 e. The second-order valence-electron chi connectivity index (χ2n) is 4.52. The Morgan fingerprint density at radius 3 is 2.50 bits per heavy atom. The fraction of sp³-hybridized carbons (Fsp3) is 0.462. The van der Waals surface area contributed by atoms with Crippen LogP contribution in [0.2, 0.25) is 0 Å². The topological polar surface area (TPSA) is 32.3 Å². The summed E-state index contributed by atoms with van der Waals surface area (Å²) in [6, 6.07) is 8.05. The number of nitrogens with zero attached hydrogens (tertiary/aromatic N) is 1. The van der Waals surface area contributed by atoms with Gasteiger partial charge in [0.25, 0.3) is 0 Å². The monoisotopic (exact) mass is 218 g/mol. The van der Waals surface area contributed by atoms with Crippen LogP contribution in [0.15, 0.2) is 24.3 Å². The fourth-order valence-electron chi connectivity index (χ4n) is 1.79. The minimum absolute atomic E-state index is 0.204. The van der Waals surface area contributed by atoms with Crippen LogP contribution in [-0.4, -0.2) is 26.0 Å². The van der Waals surface area contributed by atoms with E-state index < -0.39 is 0 Å². The van der Waals surface area contributed by atoms with Gasteiger partial charge in [-0.15, -0.1) is 0 Å². The molecule has 86 valence electrons. The van der Waals surface area contributed by atoms with E-state index >= 15 is 0 Å². The molecule has 1 aliphatic rings. The molecule has 0 saturated carbocycles. The normalized spacial score (nSPS) is 15.6. The molecule has 0 aromatic heterocycles. The van der Waals surface area contributed by atoms with Gasteiger partial charge in [-0.05, 0) is 38.1 Å². The summed E-state index contributed by atoms with van der Waals surface area (Å²) in [4.78, 5) is 13.7. The van der Waals surface area contributed by atoms with E-state index in [1.165, 1.54) is 5.56 Å². The lowest BCUT2D eigenvalue weighted by atomic mass is 9.98. The van der Waals surface area contributed by atoms with Gasteiger partial charge in [0, 0.05) is 19.2 Å². The standard InChI is InChI=1S/C13H18N2O/c1-10-3-5-12(6-4-10)15(2)13(16)7-11-8-14-9-11/h3-6,11,14H,7-9H2,1-2H3. The maximum atomic E-state index is 11.9. The molecule has 0 atom stereocenters. The van der Waals surface area contributed by atoms with Crippen molar-refractivity contribution in [2.24, 2.45) is 5.92 Å². The van der Waals surface area contributed by atoms with Gasteiger partial charge in [0.05, 0.1) is 0 Å². The molecule has 1 aliphatic heterocycles. The third-order valence-electron chi connectivity index (χ3n) is 3.12. The number of rotatable bonds is 3. The number of benzene rings is 1. The van der Waals surface area contributed by atoms with Crippen LogP contribution in [0.5, 0.6) is 0 Å². The Balaban J connectivity index is 1.97. The molecule has 2 rings (SSSR count). The second kappa shape index (κ2) is 4.66. The van der Waals surface area contributed by atoms with Crippen LogP contribution in [0, 0.1) is 12.8 Å². The van der Waals surface area contributed by atoms with E-state index in [1.54, 1.807) is 4.90 Å². The van der Waals surface area contributed by atoms with Crippen molar-refractivity contribution >= 4 is 11.6 Å². The summed E-state index contributed by atoms with van der Waals surface area (Å²) < 4.78 is 0. The number of carbonyl (C=O) groups excluding carboxylic acids is 1.